The summed E-state index contributed by atoms with van der Waals surface area (Å²) in [6.07, 6.45) is 5.35. The maximum atomic E-state index is 4.27. The zero-order chi connectivity index (χ0) is 9.26. The number of nitrogens with zero attached hydrogens (tertiary/aromatic N) is 3. The molecule has 1 N–H and O–H groups in total. The summed E-state index contributed by atoms with van der Waals surface area (Å²) in [5.41, 5.74) is 2.01. The van der Waals surface area contributed by atoms with Gasteiger partial charge in [0.15, 0.2) is 5.65 Å². The highest BCUT2D eigenvalue weighted by atomic mass is 79.9. The lowest BCUT2D eigenvalue weighted by molar-refractivity contribution is 0.778. The molecule has 2 aromatic rings. The van der Waals surface area contributed by atoms with E-state index in [4.69, 9.17) is 0 Å². The fourth-order valence-electron chi connectivity index (χ4n) is 1.24. The van der Waals surface area contributed by atoms with Crippen LogP contribution in [0.3, 0.4) is 0 Å². The predicted molar refractivity (Wildman–Crippen MR) is 53.5 cm³/mol. The average Bonchev–Trinajstić information content (AvgIpc) is 2.51. The molecule has 0 unspecified atom stereocenters. The summed E-state index contributed by atoms with van der Waals surface area (Å²) in [5, 5.41) is 3.08. The van der Waals surface area contributed by atoms with Gasteiger partial charge in [0.1, 0.15) is 6.33 Å². The van der Waals surface area contributed by atoms with Crippen LogP contribution >= 0.6 is 15.9 Å². The Hall–Kier alpha value is -0.940. The Morgan fingerprint density at radius 3 is 3.15 bits per heavy atom. The zero-order valence-corrected chi connectivity index (χ0v) is 8.74. The summed E-state index contributed by atoms with van der Waals surface area (Å²) in [4.78, 5) is 8.35. The van der Waals surface area contributed by atoms with E-state index in [1.807, 2.05) is 17.6 Å². The van der Waals surface area contributed by atoms with Crippen molar-refractivity contribution in [1.82, 2.24) is 19.7 Å². The van der Waals surface area contributed by atoms with Crippen molar-refractivity contribution in [1.29, 1.82) is 0 Å². The van der Waals surface area contributed by atoms with E-state index in [1.54, 1.807) is 12.5 Å². The first-order chi connectivity index (χ1) is 6.33. The lowest BCUT2D eigenvalue weighted by Crippen LogP contribution is -2.07. The van der Waals surface area contributed by atoms with E-state index < -0.39 is 0 Å². The first-order valence-corrected chi connectivity index (χ1v) is 4.72. The summed E-state index contributed by atoms with van der Waals surface area (Å²) < 4.78 is 2.87. The van der Waals surface area contributed by atoms with Crippen molar-refractivity contribution in [3.8, 4) is 0 Å². The van der Waals surface area contributed by atoms with Gasteiger partial charge in [-0.05, 0) is 23.0 Å². The normalized spacial score (nSPS) is 10.9. The number of halogens is 1. The second kappa shape index (κ2) is 3.43. The fraction of sp³-hybridized carbons (Fsp3) is 0.250. The molecule has 0 spiro atoms. The molecule has 0 atom stereocenters. The van der Waals surface area contributed by atoms with Crippen LogP contribution in [0.15, 0.2) is 23.2 Å². The highest BCUT2D eigenvalue weighted by Crippen LogP contribution is 2.15. The van der Waals surface area contributed by atoms with Crippen LogP contribution < -0.4 is 5.32 Å². The van der Waals surface area contributed by atoms with Crippen molar-refractivity contribution in [3.63, 3.8) is 0 Å². The van der Waals surface area contributed by atoms with Gasteiger partial charge < -0.3 is 5.32 Å². The summed E-state index contributed by atoms with van der Waals surface area (Å²) in [7, 11) is 1.91. The summed E-state index contributed by atoms with van der Waals surface area (Å²) in [5.74, 6) is 0. The average molecular weight is 241 g/mol. The molecular formula is C8H9BrN4. The molecule has 2 aromatic heterocycles. The van der Waals surface area contributed by atoms with Crippen LogP contribution in [0.25, 0.3) is 5.65 Å². The van der Waals surface area contributed by atoms with Crippen molar-refractivity contribution in [3.05, 3.63) is 28.9 Å². The van der Waals surface area contributed by atoms with Gasteiger partial charge in [0.05, 0.1) is 16.4 Å². The van der Waals surface area contributed by atoms with E-state index in [0.717, 1.165) is 22.4 Å². The van der Waals surface area contributed by atoms with E-state index in [2.05, 4.69) is 31.2 Å². The molecule has 0 saturated carbocycles. The second-order valence-corrected chi connectivity index (χ2v) is 3.57. The molecule has 0 fully saturated rings. The Morgan fingerprint density at radius 1 is 1.54 bits per heavy atom. The number of imidazole rings is 1. The van der Waals surface area contributed by atoms with Crippen LogP contribution in [-0.2, 0) is 6.54 Å². The molecule has 0 saturated heterocycles. The predicted octanol–water partition coefficient (Wildman–Crippen LogP) is 1.21. The smallest absolute Gasteiger partial charge is 0.154 e. The molecule has 68 valence electrons. The zero-order valence-electron chi connectivity index (χ0n) is 7.16. The Balaban J connectivity index is 2.61. The van der Waals surface area contributed by atoms with Crippen molar-refractivity contribution >= 4 is 21.6 Å². The SMILES string of the molecule is CNCc1cnc2c(Br)cncn12. The molecule has 0 aromatic carbocycles. The fourth-order valence-corrected chi connectivity index (χ4v) is 1.65. The van der Waals surface area contributed by atoms with Crippen LogP contribution in [0, 0.1) is 0 Å². The lowest BCUT2D eigenvalue weighted by Gasteiger charge is -1.99. The maximum Gasteiger partial charge on any atom is 0.154 e. The number of hydrogen-bond donors (Lipinski definition) is 1. The molecule has 4 nitrogen and oxygen atoms in total. The molecule has 0 radical (unpaired) electrons. The van der Waals surface area contributed by atoms with Crippen LogP contribution in [-0.4, -0.2) is 21.4 Å². The minimum Gasteiger partial charge on any atom is -0.314 e. The number of rotatable bonds is 2. The topological polar surface area (TPSA) is 42.2 Å². The van der Waals surface area contributed by atoms with Gasteiger partial charge in [-0.15, -0.1) is 0 Å². The molecule has 13 heavy (non-hydrogen) atoms. The first kappa shape index (κ1) is 8.65. The summed E-state index contributed by atoms with van der Waals surface area (Å²) in [6, 6.07) is 0. The van der Waals surface area contributed by atoms with Crippen molar-refractivity contribution in [2.24, 2.45) is 0 Å². The third kappa shape index (κ3) is 1.45. The van der Waals surface area contributed by atoms with Gasteiger partial charge in [0, 0.05) is 12.7 Å². The van der Waals surface area contributed by atoms with Gasteiger partial charge in [-0.2, -0.15) is 0 Å². The number of nitrogens with one attached hydrogen (secondary N) is 1. The van der Waals surface area contributed by atoms with Crippen LogP contribution in [0.1, 0.15) is 5.69 Å². The quantitative estimate of drug-likeness (QED) is 0.859. The Kier molecular flexibility index (Phi) is 2.28. The molecule has 0 amide bonds. The van der Waals surface area contributed by atoms with Gasteiger partial charge >= 0.3 is 0 Å². The van der Waals surface area contributed by atoms with Gasteiger partial charge in [-0.3, -0.25) is 4.40 Å². The van der Waals surface area contributed by atoms with E-state index >= 15 is 0 Å². The summed E-state index contributed by atoms with van der Waals surface area (Å²) >= 11 is 3.40. The molecule has 0 aliphatic rings. The van der Waals surface area contributed by atoms with Crippen LogP contribution in [0.2, 0.25) is 0 Å². The molecule has 0 bridgehead atoms. The minimum atomic E-state index is 0.791. The molecule has 5 heteroatoms. The second-order valence-electron chi connectivity index (χ2n) is 2.72. The maximum absolute atomic E-state index is 4.27. The Labute approximate surface area is 84.1 Å². The molecule has 2 heterocycles. The first-order valence-electron chi connectivity index (χ1n) is 3.93. The van der Waals surface area contributed by atoms with Gasteiger partial charge in [0.25, 0.3) is 0 Å². The third-order valence-corrected chi connectivity index (χ3v) is 2.37. The van der Waals surface area contributed by atoms with Crippen LogP contribution in [0.4, 0.5) is 0 Å². The number of aromatic nitrogens is 3. The largest absolute Gasteiger partial charge is 0.314 e. The third-order valence-electron chi connectivity index (χ3n) is 1.82. The number of fused-ring (bicyclic) bond motifs is 1. The van der Waals surface area contributed by atoms with Gasteiger partial charge in [-0.1, -0.05) is 0 Å². The van der Waals surface area contributed by atoms with Crippen molar-refractivity contribution in [2.75, 3.05) is 7.05 Å². The van der Waals surface area contributed by atoms with Crippen molar-refractivity contribution < 1.29 is 0 Å². The number of hydrogen-bond acceptors (Lipinski definition) is 3. The van der Waals surface area contributed by atoms with Gasteiger partial charge in [0.2, 0.25) is 0 Å². The van der Waals surface area contributed by atoms with Crippen LogP contribution in [0.5, 0.6) is 0 Å². The molecule has 0 aliphatic heterocycles. The standard InChI is InChI=1S/C8H9BrN4/c1-10-2-6-3-12-8-7(9)4-11-5-13(6)8/h3-5,10H,2H2,1H3. The molecule has 0 aliphatic carbocycles. The Morgan fingerprint density at radius 2 is 2.38 bits per heavy atom. The van der Waals surface area contributed by atoms with Gasteiger partial charge in [-0.25, -0.2) is 9.97 Å². The van der Waals surface area contributed by atoms with E-state index in [-0.39, 0.29) is 0 Å². The summed E-state index contributed by atoms with van der Waals surface area (Å²) in [6.45, 7) is 0.791. The molecular weight excluding hydrogens is 232 g/mol. The molecule has 2 rings (SSSR count). The lowest BCUT2D eigenvalue weighted by atomic mass is 10.5. The van der Waals surface area contributed by atoms with E-state index in [1.165, 1.54) is 0 Å². The van der Waals surface area contributed by atoms with Crippen molar-refractivity contribution in [2.45, 2.75) is 6.54 Å². The highest BCUT2D eigenvalue weighted by molar-refractivity contribution is 9.10. The van der Waals surface area contributed by atoms with E-state index in [9.17, 15) is 0 Å². The Bertz CT molecular complexity index is 423. The van der Waals surface area contributed by atoms with E-state index in [0.29, 0.717) is 0 Å². The minimum absolute atomic E-state index is 0.791. The highest BCUT2D eigenvalue weighted by Gasteiger charge is 2.04. The monoisotopic (exact) mass is 240 g/mol.